The van der Waals surface area contributed by atoms with Gasteiger partial charge in [-0.05, 0) is 77.0 Å². The molecule has 0 N–H and O–H groups in total. The molecule has 0 amide bonds. The first kappa shape index (κ1) is 60.1. The van der Waals surface area contributed by atoms with Gasteiger partial charge in [-0.2, -0.15) is 0 Å². The molecule has 0 heterocycles. The van der Waals surface area contributed by atoms with Crippen molar-refractivity contribution >= 4 is 17.9 Å². The molecule has 0 aromatic rings. The molecule has 0 spiro atoms. The number of rotatable bonds is 48. The average Bonchev–Trinajstić information content (AvgIpc) is 3.28. The fourth-order valence-electron chi connectivity index (χ4n) is 7.49. The smallest absolute Gasteiger partial charge is 0.306 e. The Morgan fingerprint density at radius 2 is 0.651 bits per heavy atom. The van der Waals surface area contributed by atoms with Crippen molar-refractivity contribution in [3.63, 3.8) is 0 Å². The summed E-state index contributed by atoms with van der Waals surface area (Å²) < 4.78 is 16.8. The molecule has 63 heavy (non-hydrogen) atoms. The lowest BCUT2D eigenvalue weighted by Crippen LogP contribution is -2.30. The highest BCUT2D eigenvalue weighted by Gasteiger charge is 2.19. The van der Waals surface area contributed by atoms with Crippen LogP contribution in [0.5, 0.6) is 0 Å². The molecule has 0 saturated heterocycles. The Bertz CT molecular complexity index is 1150. The standard InChI is InChI=1S/C57H100O6/c1-4-7-10-13-16-19-22-24-25-26-27-28-29-30-31-32-33-34-36-38-41-44-47-50-56(59)62-53-54(52-61-55(58)49-46-43-40-37-21-18-15-12-9-6-3)63-57(60)51-48-45-42-39-35-23-20-17-14-11-8-5-2/h7,10,12,15-16,19,24-25,27-28,54H,4-6,8-9,11,13-14,17-18,20-23,26,29-53H2,1-3H3/b10-7-,15-12-,19-16-,25-24-,28-27-. The van der Waals surface area contributed by atoms with Crippen molar-refractivity contribution in [2.24, 2.45) is 0 Å². The van der Waals surface area contributed by atoms with Gasteiger partial charge >= 0.3 is 17.9 Å². The van der Waals surface area contributed by atoms with Crippen molar-refractivity contribution in [2.45, 2.75) is 271 Å². The van der Waals surface area contributed by atoms with Gasteiger partial charge in [-0.3, -0.25) is 14.4 Å². The topological polar surface area (TPSA) is 78.9 Å². The van der Waals surface area contributed by atoms with Crippen molar-refractivity contribution in [3.8, 4) is 0 Å². The fourth-order valence-corrected chi connectivity index (χ4v) is 7.49. The summed E-state index contributed by atoms with van der Waals surface area (Å²) >= 11 is 0. The van der Waals surface area contributed by atoms with E-state index in [4.69, 9.17) is 14.2 Å². The predicted octanol–water partition coefficient (Wildman–Crippen LogP) is 17.6. The number of ether oxygens (including phenoxy) is 3. The maximum absolute atomic E-state index is 12.8. The Kier molecular flexibility index (Phi) is 49.4. The van der Waals surface area contributed by atoms with Crippen molar-refractivity contribution in [3.05, 3.63) is 60.8 Å². The first-order chi connectivity index (χ1) is 31.0. The largest absolute Gasteiger partial charge is 0.462 e. The Hall–Kier alpha value is -2.89. The summed E-state index contributed by atoms with van der Waals surface area (Å²) in [6.07, 6.45) is 63.6. The van der Waals surface area contributed by atoms with Crippen molar-refractivity contribution in [1.82, 2.24) is 0 Å². The van der Waals surface area contributed by atoms with Gasteiger partial charge in [0.05, 0.1) is 0 Å². The third-order valence-electron chi connectivity index (χ3n) is 11.5. The van der Waals surface area contributed by atoms with Crippen LogP contribution < -0.4 is 0 Å². The summed E-state index contributed by atoms with van der Waals surface area (Å²) in [5.41, 5.74) is 0. The Labute approximate surface area is 390 Å². The van der Waals surface area contributed by atoms with Gasteiger partial charge in [0.1, 0.15) is 13.2 Å². The highest BCUT2D eigenvalue weighted by Crippen LogP contribution is 2.15. The van der Waals surface area contributed by atoms with Crippen LogP contribution in [0.1, 0.15) is 265 Å². The molecule has 0 aliphatic carbocycles. The Balaban J connectivity index is 4.24. The zero-order chi connectivity index (χ0) is 45.8. The maximum atomic E-state index is 12.8. The zero-order valence-electron chi connectivity index (χ0n) is 41.6. The lowest BCUT2D eigenvalue weighted by atomic mass is 10.0. The number of hydrogen-bond donors (Lipinski definition) is 0. The summed E-state index contributed by atoms with van der Waals surface area (Å²) in [7, 11) is 0. The number of esters is 3. The molecular formula is C57H100O6. The minimum absolute atomic E-state index is 0.0769. The highest BCUT2D eigenvalue weighted by atomic mass is 16.6. The second-order valence-corrected chi connectivity index (χ2v) is 17.8. The first-order valence-corrected chi connectivity index (χ1v) is 26.8. The molecule has 1 unspecified atom stereocenters. The van der Waals surface area contributed by atoms with Crippen LogP contribution >= 0.6 is 0 Å². The summed E-state index contributed by atoms with van der Waals surface area (Å²) in [6.45, 7) is 6.46. The van der Waals surface area contributed by atoms with E-state index in [1.54, 1.807) is 0 Å². The van der Waals surface area contributed by atoms with Crippen LogP contribution in [0.2, 0.25) is 0 Å². The molecule has 0 aliphatic rings. The molecule has 6 heteroatoms. The lowest BCUT2D eigenvalue weighted by Gasteiger charge is -2.18. The van der Waals surface area contributed by atoms with Crippen molar-refractivity contribution < 1.29 is 28.6 Å². The SMILES string of the molecule is CC/C=C\C/C=C\C/C=C\C/C=C\CCCCCCCCCCCCC(=O)OCC(COC(=O)CCCCCCC/C=C\CCC)OC(=O)CCCCCCCCCCCCCC. The Morgan fingerprint density at radius 3 is 1.05 bits per heavy atom. The third kappa shape index (κ3) is 50.0. The van der Waals surface area contributed by atoms with Gasteiger partial charge < -0.3 is 14.2 Å². The molecule has 0 aromatic carbocycles. The van der Waals surface area contributed by atoms with Gasteiger partial charge in [0, 0.05) is 19.3 Å². The molecule has 0 aromatic heterocycles. The lowest BCUT2D eigenvalue weighted by molar-refractivity contribution is -0.167. The van der Waals surface area contributed by atoms with Gasteiger partial charge in [0.2, 0.25) is 0 Å². The molecular weight excluding hydrogens is 781 g/mol. The molecule has 6 nitrogen and oxygen atoms in total. The minimum Gasteiger partial charge on any atom is -0.462 e. The van der Waals surface area contributed by atoms with Gasteiger partial charge in [-0.15, -0.1) is 0 Å². The van der Waals surface area contributed by atoms with Gasteiger partial charge in [-0.25, -0.2) is 0 Å². The van der Waals surface area contributed by atoms with E-state index in [1.807, 2.05) is 0 Å². The minimum atomic E-state index is -0.775. The number of hydrogen-bond acceptors (Lipinski definition) is 6. The van der Waals surface area contributed by atoms with E-state index in [1.165, 1.54) is 128 Å². The quantitative estimate of drug-likeness (QED) is 0.0262. The third-order valence-corrected chi connectivity index (χ3v) is 11.5. The molecule has 0 saturated carbocycles. The molecule has 0 radical (unpaired) electrons. The van der Waals surface area contributed by atoms with E-state index >= 15 is 0 Å². The van der Waals surface area contributed by atoms with Crippen LogP contribution in [0.3, 0.4) is 0 Å². The van der Waals surface area contributed by atoms with Gasteiger partial charge in [-0.1, -0.05) is 229 Å². The number of unbranched alkanes of at least 4 members (excludes halogenated alkanes) is 27. The van der Waals surface area contributed by atoms with E-state index < -0.39 is 6.10 Å². The van der Waals surface area contributed by atoms with Crippen LogP contribution in [-0.4, -0.2) is 37.2 Å². The molecule has 0 fully saturated rings. The number of carbonyl (C=O) groups is 3. The fraction of sp³-hybridized carbons (Fsp3) is 0.772. The van der Waals surface area contributed by atoms with E-state index in [0.29, 0.717) is 19.3 Å². The van der Waals surface area contributed by atoms with Crippen LogP contribution in [0.4, 0.5) is 0 Å². The zero-order valence-corrected chi connectivity index (χ0v) is 41.6. The highest BCUT2D eigenvalue weighted by molar-refractivity contribution is 5.71. The van der Waals surface area contributed by atoms with Crippen LogP contribution in [0, 0.1) is 0 Å². The summed E-state index contributed by atoms with van der Waals surface area (Å²) in [4.78, 5) is 37.9. The van der Waals surface area contributed by atoms with E-state index in [-0.39, 0.29) is 31.1 Å². The monoisotopic (exact) mass is 881 g/mol. The second kappa shape index (κ2) is 51.7. The van der Waals surface area contributed by atoms with Crippen molar-refractivity contribution in [2.75, 3.05) is 13.2 Å². The van der Waals surface area contributed by atoms with Crippen LogP contribution in [0.25, 0.3) is 0 Å². The van der Waals surface area contributed by atoms with Crippen LogP contribution in [-0.2, 0) is 28.6 Å². The number of allylic oxidation sites excluding steroid dienone is 10. The van der Waals surface area contributed by atoms with E-state index in [0.717, 1.165) is 96.3 Å². The first-order valence-electron chi connectivity index (χ1n) is 26.8. The number of carbonyl (C=O) groups excluding carboxylic acids is 3. The summed E-state index contributed by atoms with van der Waals surface area (Å²) in [5, 5.41) is 0. The van der Waals surface area contributed by atoms with E-state index in [9.17, 15) is 14.4 Å². The van der Waals surface area contributed by atoms with E-state index in [2.05, 4.69) is 81.5 Å². The summed E-state index contributed by atoms with van der Waals surface area (Å²) in [6, 6.07) is 0. The normalized spacial score (nSPS) is 12.5. The van der Waals surface area contributed by atoms with Crippen molar-refractivity contribution in [1.29, 1.82) is 0 Å². The maximum Gasteiger partial charge on any atom is 0.306 e. The predicted molar refractivity (Wildman–Crippen MR) is 270 cm³/mol. The molecule has 1 atom stereocenters. The molecule has 0 rings (SSSR count). The van der Waals surface area contributed by atoms with Crippen LogP contribution in [0.15, 0.2) is 60.8 Å². The van der Waals surface area contributed by atoms with Gasteiger partial charge in [0.25, 0.3) is 0 Å². The molecule has 364 valence electrons. The second-order valence-electron chi connectivity index (χ2n) is 17.8. The summed E-state index contributed by atoms with van der Waals surface area (Å²) in [5.74, 6) is -0.886. The molecule has 0 aliphatic heterocycles. The average molecular weight is 881 g/mol. The molecule has 0 bridgehead atoms. The Morgan fingerprint density at radius 1 is 0.333 bits per heavy atom. The van der Waals surface area contributed by atoms with Gasteiger partial charge in [0.15, 0.2) is 6.10 Å².